The van der Waals surface area contributed by atoms with Gasteiger partial charge in [-0.2, -0.15) is 0 Å². The van der Waals surface area contributed by atoms with Gasteiger partial charge in [0.2, 0.25) is 0 Å². The smallest absolute Gasteiger partial charge is 0.287 e. The van der Waals surface area contributed by atoms with Crippen LogP contribution in [0.4, 0.5) is 0 Å². The maximum Gasteiger partial charge on any atom is 0.287 e. The molecule has 1 aromatic heterocycles. The van der Waals surface area contributed by atoms with Crippen LogP contribution in [0.15, 0.2) is 57.4 Å². The number of nitrogens with one attached hydrogen (secondary N) is 1. The van der Waals surface area contributed by atoms with E-state index in [1.54, 1.807) is 36.4 Å². The van der Waals surface area contributed by atoms with Crippen molar-refractivity contribution >= 4 is 28.3 Å². The van der Waals surface area contributed by atoms with Crippen molar-refractivity contribution in [3.8, 4) is 0 Å². The second-order valence-electron chi connectivity index (χ2n) is 6.33. The number of carbonyl (C=O) groups is 1. The van der Waals surface area contributed by atoms with Gasteiger partial charge in [0.1, 0.15) is 5.76 Å². The molecule has 1 aromatic carbocycles. The number of hydrogen-bond acceptors (Lipinski definition) is 3. The first-order valence-electron chi connectivity index (χ1n) is 8.80. The van der Waals surface area contributed by atoms with Crippen molar-refractivity contribution in [2.24, 2.45) is 0 Å². The Morgan fingerprint density at radius 1 is 1.23 bits per heavy atom. The maximum atomic E-state index is 12.4. The predicted octanol–water partition coefficient (Wildman–Crippen LogP) is 4.86. The van der Waals surface area contributed by atoms with E-state index in [0.717, 1.165) is 19.3 Å². The summed E-state index contributed by atoms with van der Waals surface area (Å²) in [5, 5.41) is 3.43. The molecule has 0 saturated heterocycles. The molecule has 3 rings (SSSR count). The van der Waals surface area contributed by atoms with E-state index in [4.69, 9.17) is 16.0 Å². The van der Waals surface area contributed by atoms with Crippen molar-refractivity contribution in [3.63, 3.8) is 0 Å². The maximum absolute atomic E-state index is 12.4. The first kappa shape index (κ1) is 18.9. The number of allylic oxidation sites excluding steroid dienone is 1. The van der Waals surface area contributed by atoms with Crippen LogP contribution < -0.4 is 5.32 Å². The van der Waals surface area contributed by atoms with Crippen molar-refractivity contribution in [1.82, 2.24) is 5.32 Å². The Morgan fingerprint density at radius 2 is 2.12 bits per heavy atom. The minimum Gasteiger partial charge on any atom is -0.455 e. The van der Waals surface area contributed by atoms with E-state index in [1.807, 2.05) is 0 Å². The number of halogens is 1. The van der Waals surface area contributed by atoms with Crippen LogP contribution in [0.2, 0.25) is 5.02 Å². The van der Waals surface area contributed by atoms with Gasteiger partial charge in [-0.25, -0.2) is 0 Å². The number of furan rings is 1. The fraction of sp³-hybridized carbons (Fsp3) is 0.350. The van der Waals surface area contributed by atoms with Crippen LogP contribution in [0.5, 0.6) is 0 Å². The van der Waals surface area contributed by atoms with Crippen molar-refractivity contribution in [3.05, 3.63) is 64.6 Å². The van der Waals surface area contributed by atoms with Crippen LogP contribution in [-0.4, -0.2) is 16.7 Å². The lowest BCUT2D eigenvalue weighted by Gasteiger charge is -2.12. The van der Waals surface area contributed by atoms with Crippen molar-refractivity contribution < 1.29 is 13.4 Å². The zero-order valence-electron chi connectivity index (χ0n) is 14.5. The molecule has 138 valence electrons. The summed E-state index contributed by atoms with van der Waals surface area (Å²) < 4.78 is 17.9. The molecule has 1 unspecified atom stereocenters. The van der Waals surface area contributed by atoms with Crippen LogP contribution in [0.3, 0.4) is 0 Å². The summed E-state index contributed by atoms with van der Waals surface area (Å²) in [5.74, 6) is 0.742. The fourth-order valence-corrected chi connectivity index (χ4v) is 4.28. The minimum absolute atomic E-state index is 0.209. The van der Waals surface area contributed by atoms with Crippen LogP contribution in [0.25, 0.3) is 0 Å². The van der Waals surface area contributed by atoms with Gasteiger partial charge in [0.05, 0.1) is 16.6 Å². The number of benzene rings is 1. The zero-order valence-corrected chi connectivity index (χ0v) is 16.1. The molecule has 0 fully saturated rings. The third-order valence-corrected chi connectivity index (χ3v) is 5.90. The monoisotopic (exact) mass is 391 g/mol. The van der Waals surface area contributed by atoms with Gasteiger partial charge in [0, 0.05) is 16.5 Å². The second kappa shape index (κ2) is 9.19. The Kier molecular flexibility index (Phi) is 6.69. The summed E-state index contributed by atoms with van der Waals surface area (Å²) in [7, 11) is -1.27. The second-order valence-corrected chi connectivity index (χ2v) is 8.21. The topological polar surface area (TPSA) is 59.3 Å². The van der Waals surface area contributed by atoms with Gasteiger partial charge >= 0.3 is 0 Å². The average molecular weight is 392 g/mol. The third-order valence-electron chi connectivity index (χ3n) is 4.33. The standard InChI is InChI=1S/C20H22ClNO3S/c21-16-7-4-8-18(13-16)26(24)14-17-9-10-19(25-17)20(23)22-12-11-15-5-2-1-3-6-15/h4-5,7-10,13H,1-3,6,11-12,14H2,(H,22,23). The molecule has 0 saturated carbocycles. The van der Waals surface area contributed by atoms with Crippen molar-refractivity contribution in [2.45, 2.75) is 42.8 Å². The molecule has 1 atom stereocenters. The lowest BCUT2D eigenvalue weighted by Crippen LogP contribution is -2.24. The number of amides is 1. The lowest BCUT2D eigenvalue weighted by atomic mass is 9.97. The van der Waals surface area contributed by atoms with E-state index in [1.165, 1.54) is 18.4 Å². The molecule has 0 aliphatic heterocycles. The van der Waals surface area contributed by atoms with E-state index < -0.39 is 10.8 Å². The fourth-order valence-electron chi connectivity index (χ4n) is 2.95. The number of hydrogen-bond donors (Lipinski definition) is 1. The summed E-state index contributed by atoms with van der Waals surface area (Å²) in [6, 6.07) is 10.3. The van der Waals surface area contributed by atoms with Crippen molar-refractivity contribution in [2.75, 3.05) is 6.54 Å². The zero-order chi connectivity index (χ0) is 18.4. The number of carbonyl (C=O) groups excluding carboxylic acids is 1. The van der Waals surface area contributed by atoms with Gasteiger partial charge < -0.3 is 9.73 Å². The molecular formula is C20H22ClNO3S. The molecular weight excluding hydrogens is 370 g/mol. The molecule has 1 aliphatic rings. The van der Waals surface area contributed by atoms with E-state index >= 15 is 0 Å². The van der Waals surface area contributed by atoms with Crippen LogP contribution in [-0.2, 0) is 16.6 Å². The molecule has 6 heteroatoms. The van der Waals surface area contributed by atoms with Gasteiger partial charge in [-0.05, 0) is 62.4 Å². The summed E-state index contributed by atoms with van der Waals surface area (Å²) >= 11 is 5.93. The normalized spacial score (nSPS) is 15.3. The Morgan fingerprint density at radius 3 is 2.88 bits per heavy atom. The Hall–Kier alpha value is -1.85. The molecule has 2 aromatic rings. The molecule has 0 spiro atoms. The van der Waals surface area contributed by atoms with Crippen LogP contribution >= 0.6 is 11.6 Å². The largest absolute Gasteiger partial charge is 0.455 e. The van der Waals surface area contributed by atoms with E-state index in [-0.39, 0.29) is 17.4 Å². The van der Waals surface area contributed by atoms with E-state index in [0.29, 0.717) is 22.2 Å². The highest BCUT2D eigenvalue weighted by Crippen LogP contribution is 2.20. The van der Waals surface area contributed by atoms with Crippen LogP contribution in [0, 0.1) is 0 Å². The summed E-state index contributed by atoms with van der Waals surface area (Å²) in [5.41, 5.74) is 1.42. The molecule has 1 aliphatic carbocycles. The minimum atomic E-state index is -1.27. The highest BCUT2D eigenvalue weighted by Gasteiger charge is 2.14. The Balaban J connectivity index is 1.51. The lowest BCUT2D eigenvalue weighted by molar-refractivity contribution is 0.0925. The molecule has 26 heavy (non-hydrogen) atoms. The highest BCUT2D eigenvalue weighted by molar-refractivity contribution is 7.84. The predicted molar refractivity (Wildman–Crippen MR) is 104 cm³/mol. The first-order valence-corrected chi connectivity index (χ1v) is 10.5. The molecule has 0 bridgehead atoms. The summed E-state index contributed by atoms with van der Waals surface area (Å²) in [6.45, 7) is 0.606. The van der Waals surface area contributed by atoms with Gasteiger partial charge in [-0.1, -0.05) is 29.3 Å². The molecule has 4 nitrogen and oxygen atoms in total. The molecule has 1 heterocycles. The SMILES string of the molecule is O=C(NCCC1=CCCCC1)c1ccc(CS(=O)c2cccc(Cl)c2)o1. The number of rotatable bonds is 7. The Bertz CT molecular complexity index is 828. The van der Waals surface area contributed by atoms with E-state index in [2.05, 4.69) is 11.4 Å². The highest BCUT2D eigenvalue weighted by atomic mass is 35.5. The summed E-state index contributed by atoms with van der Waals surface area (Å²) in [6.07, 6.45) is 7.96. The average Bonchev–Trinajstić information content (AvgIpc) is 3.11. The van der Waals surface area contributed by atoms with E-state index in [9.17, 15) is 9.00 Å². The third kappa shape index (κ3) is 5.32. The van der Waals surface area contributed by atoms with Gasteiger partial charge in [0.25, 0.3) is 5.91 Å². The first-order chi connectivity index (χ1) is 12.6. The summed E-state index contributed by atoms with van der Waals surface area (Å²) in [4.78, 5) is 12.8. The molecule has 1 N–H and O–H groups in total. The van der Waals surface area contributed by atoms with Gasteiger partial charge in [-0.3, -0.25) is 9.00 Å². The Labute approximate surface area is 161 Å². The van der Waals surface area contributed by atoms with Crippen molar-refractivity contribution in [1.29, 1.82) is 0 Å². The molecule has 0 radical (unpaired) electrons. The van der Waals surface area contributed by atoms with Gasteiger partial charge in [-0.15, -0.1) is 0 Å². The quantitative estimate of drug-likeness (QED) is 0.685. The van der Waals surface area contributed by atoms with Crippen LogP contribution in [0.1, 0.15) is 48.4 Å². The molecule has 1 amide bonds. The van der Waals surface area contributed by atoms with Gasteiger partial charge in [0.15, 0.2) is 5.76 Å².